The number of rotatable bonds is 42. The minimum Gasteiger partial charge on any atom is -0.394 e. The van der Waals surface area contributed by atoms with Crippen molar-refractivity contribution in [1.82, 2.24) is 5.32 Å². The summed E-state index contributed by atoms with van der Waals surface area (Å²) in [6.45, 7) is 4.05. The van der Waals surface area contributed by atoms with Crippen molar-refractivity contribution >= 4 is 5.91 Å². The topological polar surface area (TPSA) is 69.6 Å². The van der Waals surface area contributed by atoms with Gasteiger partial charge in [-0.05, 0) is 70.6 Å². The van der Waals surface area contributed by atoms with Gasteiger partial charge in [-0.3, -0.25) is 4.79 Å². The maximum absolute atomic E-state index is 12.2. The lowest BCUT2D eigenvalue weighted by Gasteiger charge is -2.19. The zero-order valence-electron chi connectivity index (χ0n) is 37.3. The van der Waals surface area contributed by atoms with Crippen molar-refractivity contribution in [2.75, 3.05) is 6.61 Å². The van der Waals surface area contributed by atoms with E-state index in [9.17, 15) is 15.0 Å². The molecule has 0 radical (unpaired) electrons. The van der Waals surface area contributed by atoms with E-state index in [2.05, 4.69) is 104 Å². The van der Waals surface area contributed by atoms with E-state index in [0.717, 1.165) is 77.0 Å². The first-order chi connectivity index (χ1) is 28.2. The Balaban J connectivity index is 3.41. The second-order valence-electron chi connectivity index (χ2n) is 15.8. The third-order valence-corrected chi connectivity index (χ3v) is 10.3. The average Bonchev–Trinajstić information content (AvgIpc) is 3.22. The Labute approximate surface area is 353 Å². The second-order valence-corrected chi connectivity index (χ2v) is 15.8. The van der Waals surface area contributed by atoms with E-state index in [4.69, 9.17) is 0 Å². The quantitative estimate of drug-likeness (QED) is 0.0426. The molecule has 4 nitrogen and oxygen atoms in total. The van der Waals surface area contributed by atoms with Gasteiger partial charge in [-0.25, -0.2) is 0 Å². The number of allylic oxidation sites excluding steroid dienone is 15. The molecule has 4 heteroatoms. The summed E-state index contributed by atoms with van der Waals surface area (Å²) in [6.07, 6.45) is 71.7. The van der Waals surface area contributed by atoms with Gasteiger partial charge in [0.1, 0.15) is 0 Å². The van der Waals surface area contributed by atoms with Gasteiger partial charge in [0.25, 0.3) is 0 Å². The highest BCUT2D eigenvalue weighted by Crippen LogP contribution is 2.15. The molecule has 0 aliphatic carbocycles. The maximum atomic E-state index is 12.2. The average molecular weight is 790 g/mol. The highest BCUT2D eigenvalue weighted by molar-refractivity contribution is 5.76. The van der Waals surface area contributed by atoms with Gasteiger partial charge in [-0.15, -0.1) is 0 Å². The highest BCUT2D eigenvalue weighted by Gasteiger charge is 2.17. The van der Waals surface area contributed by atoms with Crippen LogP contribution in [0.15, 0.2) is 97.2 Å². The maximum Gasteiger partial charge on any atom is 0.220 e. The molecule has 1 amide bonds. The molecule has 0 bridgehead atoms. The molecule has 0 fully saturated rings. The molecule has 2 unspecified atom stereocenters. The molecule has 0 rings (SSSR count). The fourth-order valence-corrected chi connectivity index (χ4v) is 6.67. The van der Waals surface area contributed by atoms with Gasteiger partial charge in [0, 0.05) is 6.42 Å². The number of aliphatic hydroxyl groups excluding tert-OH is 2. The Morgan fingerprint density at radius 2 is 0.772 bits per heavy atom. The van der Waals surface area contributed by atoms with Crippen molar-refractivity contribution in [2.45, 2.75) is 225 Å². The first kappa shape index (κ1) is 54.3. The molecule has 0 aromatic rings. The highest BCUT2D eigenvalue weighted by atomic mass is 16.3. The predicted octanol–water partition coefficient (Wildman–Crippen LogP) is 15.4. The van der Waals surface area contributed by atoms with E-state index in [1.807, 2.05) is 6.08 Å². The van der Waals surface area contributed by atoms with Crippen LogP contribution in [0.3, 0.4) is 0 Å². The fourth-order valence-electron chi connectivity index (χ4n) is 6.67. The molecular formula is C53H91NO3. The summed E-state index contributed by atoms with van der Waals surface area (Å²) in [6, 6.07) is -0.620. The van der Waals surface area contributed by atoms with E-state index in [1.165, 1.54) is 116 Å². The third-order valence-electron chi connectivity index (χ3n) is 10.3. The SMILES string of the molecule is CC/C=C\C/C=C\C/C=C\C/C=C\C/C=C\C/C=C\C/C=C\CCCCCCCCCCCCCCCCCCCCCC(=O)NC(CO)C(O)/C=C/CCCC. The molecule has 0 aliphatic rings. The Kier molecular flexibility index (Phi) is 45.4. The first-order valence-corrected chi connectivity index (χ1v) is 24.0. The number of carbonyl (C=O) groups is 1. The van der Waals surface area contributed by atoms with Crippen LogP contribution in [0, 0.1) is 0 Å². The minimum atomic E-state index is -0.836. The van der Waals surface area contributed by atoms with Gasteiger partial charge in [0.2, 0.25) is 5.91 Å². The van der Waals surface area contributed by atoms with Crippen LogP contribution >= 0.6 is 0 Å². The summed E-state index contributed by atoms with van der Waals surface area (Å²) in [5.74, 6) is -0.0751. The molecule has 0 aromatic heterocycles. The number of carbonyl (C=O) groups excluding carboxylic acids is 1. The Bertz CT molecular complexity index is 1080. The van der Waals surface area contributed by atoms with Crippen molar-refractivity contribution in [3.63, 3.8) is 0 Å². The number of unbranched alkanes of at least 4 members (excludes halogenated alkanes) is 21. The van der Waals surface area contributed by atoms with E-state index in [1.54, 1.807) is 6.08 Å². The normalized spacial score (nSPS) is 13.8. The van der Waals surface area contributed by atoms with Gasteiger partial charge >= 0.3 is 0 Å². The summed E-state index contributed by atoms with van der Waals surface area (Å²) in [5, 5.41) is 22.5. The molecule has 326 valence electrons. The summed E-state index contributed by atoms with van der Waals surface area (Å²) in [5.41, 5.74) is 0. The number of amides is 1. The molecule has 57 heavy (non-hydrogen) atoms. The van der Waals surface area contributed by atoms with Gasteiger partial charge in [0.15, 0.2) is 0 Å². The number of nitrogens with one attached hydrogen (secondary N) is 1. The third kappa shape index (κ3) is 44.3. The van der Waals surface area contributed by atoms with Crippen molar-refractivity contribution in [2.24, 2.45) is 0 Å². The largest absolute Gasteiger partial charge is 0.394 e. The molecular weight excluding hydrogens is 699 g/mol. The lowest BCUT2D eigenvalue weighted by Crippen LogP contribution is -2.45. The van der Waals surface area contributed by atoms with Crippen molar-refractivity contribution in [3.8, 4) is 0 Å². The minimum absolute atomic E-state index is 0.0751. The van der Waals surface area contributed by atoms with Crippen molar-refractivity contribution in [1.29, 1.82) is 0 Å². The molecule has 2 atom stereocenters. The molecule has 0 spiro atoms. The van der Waals surface area contributed by atoms with Crippen LogP contribution < -0.4 is 5.32 Å². The lowest BCUT2D eigenvalue weighted by atomic mass is 10.0. The summed E-state index contributed by atoms with van der Waals surface area (Å²) in [4.78, 5) is 12.2. The van der Waals surface area contributed by atoms with E-state index in [0.29, 0.717) is 6.42 Å². The van der Waals surface area contributed by atoms with Crippen LogP contribution in [0.25, 0.3) is 0 Å². The van der Waals surface area contributed by atoms with Crippen LogP contribution in [-0.4, -0.2) is 34.9 Å². The standard InChI is InChI=1S/C53H91NO3/c1-3-5-7-9-10-11-12-13-14-15-16-17-18-19-20-21-22-23-24-25-26-27-28-29-30-31-32-33-34-35-36-37-38-39-40-41-42-43-44-45-47-49-53(57)54-51(50-55)52(56)48-46-8-6-4-2/h5,7,10-11,13-14,16-17,19-20,22-23,25-26,46,48,51-52,55-56H,3-4,6,8-9,12,15,18,21,24,27-45,47,49-50H2,1-2H3,(H,54,57)/b7-5-,11-10-,14-13-,17-16-,20-19-,23-22-,26-25-,48-46+. The van der Waals surface area contributed by atoms with Crippen LogP contribution in [0.5, 0.6) is 0 Å². The van der Waals surface area contributed by atoms with Gasteiger partial charge in [0.05, 0.1) is 18.8 Å². The number of hydrogen-bond donors (Lipinski definition) is 3. The lowest BCUT2D eigenvalue weighted by molar-refractivity contribution is -0.123. The second kappa shape index (κ2) is 47.7. The monoisotopic (exact) mass is 790 g/mol. The van der Waals surface area contributed by atoms with Crippen LogP contribution in [-0.2, 0) is 4.79 Å². The smallest absolute Gasteiger partial charge is 0.220 e. The van der Waals surface area contributed by atoms with Crippen molar-refractivity contribution < 1.29 is 15.0 Å². The zero-order valence-corrected chi connectivity index (χ0v) is 37.3. The van der Waals surface area contributed by atoms with Crippen LogP contribution in [0.2, 0.25) is 0 Å². The van der Waals surface area contributed by atoms with Crippen molar-refractivity contribution in [3.05, 3.63) is 97.2 Å². The van der Waals surface area contributed by atoms with Gasteiger partial charge in [-0.1, -0.05) is 233 Å². The molecule has 3 N–H and O–H groups in total. The van der Waals surface area contributed by atoms with Gasteiger partial charge in [-0.2, -0.15) is 0 Å². The van der Waals surface area contributed by atoms with E-state index < -0.39 is 12.1 Å². The summed E-state index contributed by atoms with van der Waals surface area (Å²) in [7, 11) is 0. The van der Waals surface area contributed by atoms with Crippen LogP contribution in [0.4, 0.5) is 0 Å². The predicted molar refractivity (Wildman–Crippen MR) is 253 cm³/mol. The Morgan fingerprint density at radius 3 is 1.14 bits per heavy atom. The Morgan fingerprint density at radius 1 is 0.439 bits per heavy atom. The van der Waals surface area contributed by atoms with Gasteiger partial charge < -0.3 is 15.5 Å². The van der Waals surface area contributed by atoms with E-state index >= 15 is 0 Å². The Hall–Kier alpha value is -2.69. The molecule has 0 aromatic carbocycles. The fraction of sp³-hybridized carbons (Fsp3) is 0.679. The van der Waals surface area contributed by atoms with E-state index in [-0.39, 0.29) is 12.5 Å². The number of hydrogen-bond acceptors (Lipinski definition) is 3. The molecule has 0 heterocycles. The number of aliphatic hydroxyl groups is 2. The molecule has 0 saturated carbocycles. The molecule has 0 aliphatic heterocycles. The molecule has 0 saturated heterocycles. The summed E-state index contributed by atoms with van der Waals surface area (Å²) >= 11 is 0. The van der Waals surface area contributed by atoms with Crippen LogP contribution in [0.1, 0.15) is 213 Å². The first-order valence-electron chi connectivity index (χ1n) is 24.0. The summed E-state index contributed by atoms with van der Waals surface area (Å²) < 4.78 is 0. The zero-order chi connectivity index (χ0) is 41.4.